The fraction of sp³-hybridized carbons (Fsp3) is 0.857. The molecule has 1 fully saturated rings. The van der Waals surface area contributed by atoms with E-state index in [1.54, 1.807) is 0 Å². The molecular weight excluding hydrogens is 130 g/mol. The Hall–Kier alpha value is -0.410. The number of hydrogen-bond donors (Lipinski definition) is 1. The van der Waals surface area contributed by atoms with Crippen molar-refractivity contribution in [2.24, 2.45) is 0 Å². The molecular formula is C7H13NO2. The summed E-state index contributed by atoms with van der Waals surface area (Å²) in [5.41, 5.74) is 0. The standard InChI is InChI=1S/C7H13NO2/c1-6(9)7-4-2-3-5-8(7)10/h7,10H,2-5H2,1H3. The van der Waals surface area contributed by atoms with Crippen molar-refractivity contribution in [3.05, 3.63) is 0 Å². The lowest BCUT2D eigenvalue weighted by atomic mass is 10.0. The van der Waals surface area contributed by atoms with E-state index in [9.17, 15) is 4.79 Å². The lowest BCUT2D eigenvalue weighted by molar-refractivity contribution is -0.159. The lowest BCUT2D eigenvalue weighted by Crippen LogP contribution is -2.41. The predicted octanol–water partition coefficient (Wildman–Crippen LogP) is 0.819. The van der Waals surface area contributed by atoms with Gasteiger partial charge in [-0.3, -0.25) is 4.79 Å². The monoisotopic (exact) mass is 143 g/mol. The Morgan fingerprint density at radius 2 is 2.30 bits per heavy atom. The van der Waals surface area contributed by atoms with Crippen LogP contribution in [0, 0.1) is 0 Å². The van der Waals surface area contributed by atoms with Gasteiger partial charge in [0.05, 0.1) is 6.04 Å². The fourth-order valence-corrected chi connectivity index (χ4v) is 1.33. The zero-order valence-corrected chi connectivity index (χ0v) is 6.21. The highest BCUT2D eigenvalue weighted by Crippen LogP contribution is 2.14. The van der Waals surface area contributed by atoms with Crippen molar-refractivity contribution in [3.8, 4) is 0 Å². The van der Waals surface area contributed by atoms with Crippen LogP contribution in [0.15, 0.2) is 0 Å². The molecule has 0 bridgehead atoms. The molecule has 1 heterocycles. The van der Waals surface area contributed by atoms with Crippen LogP contribution in [0.25, 0.3) is 0 Å². The van der Waals surface area contributed by atoms with Crippen molar-refractivity contribution in [2.75, 3.05) is 6.54 Å². The molecule has 1 aliphatic heterocycles. The zero-order valence-electron chi connectivity index (χ0n) is 6.21. The number of carbonyl (C=O) groups is 1. The first kappa shape index (κ1) is 7.69. The van der Waals surface area contributed by atoms with Crippen LogP contribution in [0.5, 0.6) is 0 Å². The number of rotatable bonds is 1. The van der Waals surface area contributed by atoms with Crippen LogP contribution in [0.4, 0.5) is 0 Å². The van der Waals surface area contributed by atoms with Crippen molar-refractivity contribution in [1.82, 2.24) is 5.06 Å². The average Bonchev–Trinajstić information content (AvgIpc) is 1.88. The molecule has 1 saturated heterocycles. The maximum atomic E-state index is 10.8. The third kappa shape index (κ3) is 1.55. The highest BCUT2D eigenvalue weighted by atomic mass is 16.5. The molecule has 58 valence electrons. The highest BCUT2D eigenvalue weighted by molar-refractivity contribution is 5.81. The molecule has 0 aromatic rings. The summed E-state index contributed by atoms with van der Waals surface area (Å²) in [6.07, 6.45) is 2.87. The van der Waals surface area contributed by atoms with Gasteiger partial charge in [0, 0.05) is 6.54 Å². The number of piperidine rings is 1. The van der Waals surface area contributed by atoms with Gasteiger partial charge in [-0.05, 0) is 26.2 Å². The normalized spacial score (nSPS) is 28.4. The highest BCUT2D eigenvalue weighted by Gasteiger charge is 2.23. The molecule has 10 heavy (non-hydrogen) atoms. The molecule has 1 aliphatic rings. The smallest absolute Gasteiger partial charge is 0.149 e. The minimum absolute atomic E-state index is 0.0715. The average molecular weight is 143 g/mol. The molecule has 1 atom stereocenters. The Bertz CT molecular complexity index is 136. The number of hydroxylamine groups is 2. The van der Waals surface area contributed by atoms with E-state index in [-0.39, 0.29) is 11.8 Å². The van der Waals surface area contributed by atoms with Crippen LogP contribution >= 0.6 is 0 Å². The third-order valence-electron chi connectivity index (χ3n) is 1.94. The van der Waals surface area contributed by atoms with E-state index >= 15 is 0 Å². The van der Waals surface area contributed by atoms with E-state index in [4.69, 9.17) is 5.21 Å². The summed E-state index contributed by atoms with van der Waals surface area (Å²) < 4.78 is 0. The van der Waals surface area contributed by atoms with Crippen LogP contribution in [-0.4, -0.2) is 28.6 Å². The third-order valence-corrected chi connectivity index (χ3v) is 1.94. The van der Waals surface area contributed by atoms with Gasteiger partial charge in [0.1, 0.15) is 5.78 Å². The Morgan fingerprint density at radius 3 is 2.70 bits per heavy atom. The van der Waals surface area contributed by atoms with Gasteiger partial charge in [0.15, 0.2) is 0 Å². The van der Waals surface area contributed by atoms with Crippen LogP contribution in [0.1, 0.15) is 26.2 Å². The summed E-state index contributed by atoms with van der Waals surface area (Å²) in [4.78, 5) is 10.8. The molecule has 1 rings (SSSR count). The summed E-state index contributed by atoms with van der Waals surface area (Å²) >= 11 is 0. The van der Waals surface area contributed by atoms with Crippen molar-refractivity contribution < 1.29 is 10.0 Å². The molecule has 0 spiro atoms. The Balaban J connectivity index is 2.47. The molecule has 0 radical (unpaired) electrons. The largest absolute Gasteiger partial charge is 0.313 e. The predicted molar refractivity (Wildman–Crippen MR) is 36.8 cm³/mol. The Kier molecular flexibility index (Phi) is 2.40. The van der Waals surface area contributed by atoms with E-state index < -0.39 is 0 Å². The van der Waals surface area contributed by atoms with Gasteiger partial charge >= 0.3 is 0 Å². The fourth-order valence-electron chi connectivity index (χ4n) is 1.33. The summed E-state index contributed by atoms with van der Waals surface area (Å²) in [6, 6.07) is -0.228. The molecule has 0 aromatic heterocycles. The van der Waals surface area contributed by atoms with Gasteiger partial charge < -0.3 is 5.21 Å². The first-order valence-electron chi connectivity index (χ1n) is 3.68. The number of ketones is 1. The second-order valence-corrected chi connectivity index (χ2v) is 2.79. The minimum atomic E-state index is -0.228. The van der Waals surface area contributed by atoms with Gasteiger partial charge in [-0.1, -0.05) is 0 Å². The first-order chi connectivity index (χ1) is 4.72. The molecule has 0 saturated carbocycles. The second kappa shape index (κ2) is 3.12. The van der Waals surface area contributed by atoms with Gasteiger partial charge in [-0.25, -0.2) is 0 Å². The Morgan fingerprint density at radius 1 is 1.60 bits per heavy atom. The van der Waals surface area contributed by atoms with Crippen LogP contribution < -0.4 is 0 Å². The quantitative estimate of drug-likeness (QED) is 0.590. The maximum absolute atomic E-state index is 10.8. The van der Waals surface area contributed by atoms with E-state index in [0.717, 1.165) is 24.3 Å². The number of Topliss-reactive ketones (excluding diaryl/α,β-unsaturated/α-hetero) is 1. The SMILES string of the molecule is CC(=O)C1CCCCN1O. The molecule has 3 heteroatoms. The molecule has 1 N–H and O–H groups in total. The van der Waals surface area contributed by atoms with Gasteiger partial charge in [-0.2, -0.15) is 5.06 Å². The van der Waals surface area contributed by atoms with E-state index in [0.29, 0.717) is 6.54 Å². The summed E-state index contributed by atoms with van der Waals surface area (Å²) in [5, 5.41) is 10.3. The second-order valence-electron chi connectivity index (χ2n) is 2.79. The van der Waals surface area contributed by atoms with E-state index in [1.165, 1.54) is 6.92 Å². The molecule has 1 unspecified atom stereocenters. The number of carbonyl (C=O) groups excluding carboxylic acids is 1. The van der Waals surface area contributed by atoms with Crippen LogP contribution in [0.2, 0.25) is 0 Å². The van der Waals surface area contributed by atoms with Gasteiger partial charge in [0.2, 0.25) is 0 Å². The lowest BCUT2D eigenvalue weighted by Gasteiger charge is -2.27. The van der Waals surface area contributed by atoms with Gasteiger partial charge in [-0.15, -0.1) is 0 Å². The van der Waals surface area contributed by atoms with Crippen LogP contribution in [-0.2, 0) is 4.79 Å². The maximum Gasteiger partial charge on any atom is 0.149 e. The van der Waals surface area contributed by atoms with Crippen molar-refractivity contribution in [1.29, 1.82) is 0 Å². The zero-order chi connectivity index (χ0) is 7.56. The minimum Gasteiger partial charge on any atom is -0.313 e. The van der Waals surface area contributed by atoms with Crippen LogP contribution in [0.3, 0.4) is 0 Å². The molecule has 0 aliphatic carbocycles. The topological polar surface area (TPSA) is 40.5 Å². The van der Waals surface area contributed by atoms with E-state index in [2.05, 4.69) is 0 Å². The van der Waals surface area contributed by atoms with Crippen molar-refractivity contribution in [2.45, 2.75) is 32.2 Å². The van der Waals surface area contributed by atoms with E-state index in [1.807, 2.05) is 0 Å². The number of nitrogens with zero attached hydrogens (tertiary/aromatic N) is 1. The summed E-state index contributed by atoms with van der Waals surface area (Å²) in [6.45, 7) is 2.17. The Labute approximate surface area is 60.6 Å². The van der Waals surface area contributed by atoms with Crippen molar-refractivity contribution >= 4 is 5.78 Å². The van der Waals surface area contributed by atoms with Crippen molar-refractivity contribution in [3.63, 3.8) is 0 Å². The summed E-state index contributed by atoms with van der Waals surface area (Å²) in [5.74, 6) is 0.0715. The van der Waals surface area contributed by atoms with Gasteiger partial charge in [0.25, 0.3) is 0 Å². The molecule has 3 nitrogen and oxygen atoms in total. The molecule has 0 aromatic carbocycles. The summed E-state index contributed by atoms with van der Waals surface area (Å²) in [7, 11) is 0. The number of hydrogen-bond acceptors (Lipinski definition) is 3. The molecule has 0 amide bonds. The first-order valence-corrected chi connectivity index (χ1v) is 3.68.